The topological polar surface area (TPSA) is 41.3 Å². The molecule has 19 heavy (non-hydrogen) atoms. The molecular weight excluding hydrogens is 255 g/mol. The molecule has 0 aliphatic carbocycles. The Kier molecular flexibility index (Phi) is 3.62. The molecule has 2 atom stereocenters. The van der Waals surface area contributed by atoms with Gasteiger partial charge < -0.3 is 16.0 Å². The van der Waals surface area contributed by atoms with Gasteiger partial charge in [0.2, 0.25) is 0 Å². The summed E-state index contributed by atoms with van der Waals surface area (Å²) in [5, 5.41) is 3.30. The number of nitrogens with zero attached hydrogens (tertiary/aromatic N) is 1. The zero-order valence-corrected chi connectivity index (χ0v) is 11.0. The number of benzene rings is 1. The van der Waals surface area contributed by atoms with Gasteiger partial charge in [0.25, 0.3) is 0 Å². The van der Waals surface area contributed by atoms with Crippen LogP contribution in [0.15, 0.2) is 18.2 Å². The summed E-state index contributed by atoms with van der Waals surface area (Å²) in [5.41, 5.74) is 5.16. The van der Waals surface area contributed by atoms with Crippen LogP contribution in [0.4, 0.5) is 24.5 Å². The van der Waals surface area contributed by atoms with E-state index in [0.717, 1.165) is 6.07 Å². The number of alkyl halides is 3. The third kappa shape index (κ3) is 3.12. The number of anilines is 2. The lowest BCUT2D eigenvalue weighted by molar-refractivity contribution is -0.137. The Bertz CT molecular complexity index is 449. The molecule has 0 saturated carbocycles. The maximum atomic E-state index is 13.1. The van der Waals surface area contributed by atoms with Crippen molar-refractivity contribution in [3.8, 4) is 0 Å². The first-order valence-corrected chi connectivity index (χ1v) is 6.25. The van der Waals surface area contributed by atoms with Crippen LogP contribution in [0.2, 0.25) is 0 Å². The summed E-state index contributed by atoms with van der Waals surface area (Å²) in [6.45, 7) is 5.04. The van der Waals surface area contributed by atoms with Gasteiger partial charge in [-0.15, -0.1) is 0 Å². The van der Waals surface area contributed by atoms with Crippen molar-refractivity contribution in [2.45, 2.75) is 32.1 Å². The van der Waals surface area contributed by atoms with Gasteiger partial charge in [0.1, 0.15) is 0 Å². The first-order valence-electron chi connectivity index (χ1n) is 6.25. The van der Waals surface area contributed by atoms with Crippen molar-refractivity contribution < 1.29 is 13.2 Å². The Hall–Kier alpha value is -1.43. The van der Waals surface area contributed by atoms with E-state index in [1.165, 1.54) is 12.1 Å². The summed E-state index contributed by atoms with van der Waals surface area (Å²) in [4.78, 5) is 1.77. The molecule has 3 N–H and O–H groups in total. The van der Waals surface area contributed by atoms with Crippen LogP contribution in [-0.4, -0.2) is 25.2 Å². The molecule has 0 unspecified atom stereocenters. The predicted octanol–water partition coefficient (Wildman–Crippen LogP) is 2.47. The highest BCUT2D eigenvalue weighted by atomic mass is 19.4. The van der Waals surface area contributed by atoms with Gasteiger partial charge in [-0.3, -0.25) is 0 Å². The largest absolute Gasteiger partial charge is 0.418 e. The van der Waals surface area contributed by atoms with E-state index in [2.05, 4.69) is 5.32 Å². The fourth-order valence-corrected chi connectivity index (χ4v) is 2.58. The van der Waals surface area contributed by atoms with Crippen LogP contribution in [0.1, 0.15) is 19.4 Å². The normalized spacial score (nSPS) is 24.6. The molecule has 1 aromatic rings. The van der Waals surface area contributed by atoms with Gasteiger partial charge in [0.05, 0.1) is 5.56 Å². The molecule has 106 valence electrons. The summed E-state index contributed by atoms with van der Waals surface area (Å²) in [7, 11) is 0. The molecule has 0 aromatic heterocycles. The molecule has 1 saturated heterocycles. The van der Waals surface area contributed by atoms with E-state index in [1.807, 2.05) is 13.8 Å². The zero-order valence-electron chi connectivity index (χ0n) is 11.0. The summed E-state index contributed by atoms with van der Waals surface area (Å²) in [6, 6.07) is 4.29. The van der Waals surface area contributed by atoms with Gasteiger partial charge in [0, 0.05) is 36.5 Å². The van der Waals surface area contributed by atoms with Gasteiger partial charge in [-0.25, -0.2) is 0 Å². The minimum absolute atomic E-state index is 0.132. The molecule has 3 nitrogen and oxygen atoms in total. The molecule has 1 fully saturated rings. The predicted molar refractivity (Wildman–Crippen MR) is 70.1 cm³/mol. The highest BCUT2D eigenvalue weighted by Gasteiger charge is 2.36. The number of halogens is 3. The minimum atomic E-state index is -4.39. The summed E-state index contributed by atoms with van der Waals surface area (Å²) < 4.78 is 39.2. The van der Waals surface area contributed by atoms with Crippen molar-refractivity contribution in [1.82, 2.24) is 5.32 Å². The van der Waals surface area contributed by atoms with E-state index in [-0.39, 0.29) is 23.5 Å². The molecule has 0 spiro atoms. The lowest BCUT2D eigenvalue weighted by Gasteiger charge is -2.38. The van der Waals surface area contributed by atoms with Crippen LogP contribution in [0, 0.1) is 0 Å². The molecule has 1 aliphatic heterocycles. The molecule has 0 amide bonds. The van der Waals surface area contributed by atoms with Crippen LogP contribution < -0.4 is 16.0 Å². The molecule has 1 aromatic carbocycles. The van der Waals surface area contributed by atoms with Crippen LogP contribution in [-0.2, 0) is 6.18 Å². The van der Waals surface area contributed by atoms with Gasteiger partial charge in [-0.2, -0.15) is 13.2 Å². The average Bonchev–Trinajstić information content (AvgIpc) is 2.26. The summed E-state index contributed by atoms with van der Waals surface area (Å²) in [6.07, 6.45) is -4.39. The second-order valence-corrected chi connectivity index (χ2v) is 5.15. The number of nitrogens with two attached hydrogens (primary N) is 1. The first-order chi connectivity index (χ1) is 8.77. The van der Waals surface area contributed by atoms with Crippen molar-refractivity contribution in [1.29, 1.82) is 0 Å². The van der Waals surface area contributed by atoms with E-state index in [9.17, 15) is 13.2 Å². The molecule has 1 heterocycles. The number of nitrogens with one attached hydrogen (secondary N) is 1. The Morgan fingerprint density at radius 2 is 1.79 bits per heavy atom. The second kappa shape index (κ2) is 4.92. The van der Waals surface area contributed by atoms with Crippen molar-refractivity contribution in [2.24, 2.45) is 0 Å². The summed E-state index contributed by atoms with van der Waals surface area (Å²) in [5.74, 6) is 0. The number of hydrogen-bond donors (Lipinski definition) is 2. The number of rotatable bonds is 1. The number of piperazine rings is 1. The smallest absolute Gasteiger partial charge is 0.399 e. The van der Waals surface area contributed by atoms with Crippen LogP contribution in [0.5, 0.6) is 0 Å². The molecule has 6 heteroatoms. The van der Waals surface area contributed by atoms with Crippen molar-refractivity contribution in [3.05, 3.63) is 23.8 Å². The van der Waals surface area contributed by atoms with Gasteiger partial charge in [-0.05, 0) is 32.0 Å². The van der Waals surface area contributed by atoms with E-state index >= 15 is 0 Å². The minimum Gasteiger partial charge on any atom is -0.399 e. The Balaban J connectivity index is 2.39. The fraction of sp³-hybridized carbons (Fsp3) is 0.538. The second-order valence-electron chi connectivity index (χ2n) is 5.15. The number of nitrogen functional groups attached to an aromatic ring is 1. The number of hydrogen-bond acceptors (Lipinski definition) is 3. The van der Waals surface area contributed by atoms with Crippen molar-refractivity contribution >= 4 is 11.4 Å². The lowest BCUT2D eigenvalue weighted by Crippen LogP contribution is -2.54. The van der Waals surface area contributed by atoms with Crippen molar-refractivity contribution in [2.75, 3.05) is 23.7 Å². The average molecular weight is 273 g/mol. The Morgan fingerprint density at radius 1 is 1.21 bits per heavy atom. The SMILES string of the molecule is C[C@@H]1CN(c2ccc(N)cc2C(F)(F)F)C[C@H](C)N1. The fourth-order valence-electron chi connectivity index (χ4n) is 2.58. The summed E-state index contributed by atoms with van der Waals surface area (Å²) >= 11 is 0. The molecule has 0 radical (unpaired) electrons. The molecule has 0 bridgehead atoms. The third-order valence-electron chi connectivity index (χ3n) is 3.22. The van der Waals surface area contributed by atoms with Gasteiger partial charge in [-0.1, -0.05) is 0 Å². The van der Waals surface area contributed by atoms with E-state index in [0.29, 0.717) is 13.1 Å². The molecule has 1 aliphatic rings. The quantitative estimate of drug-likeness (QED) is 0.772. The first kappa shape index (κ1) is 14.0. The van der Waals surface area contributed by atoms with E-state index in [4.69, 9.17) is 5.73 Å². The highest BCUT2D eigenvalue weighted by molar-refractivity contribution is 5.61. The van der Waals surface area contributed by atoms with Crippen LogP contribution in [0.3, 0.4) is 0 Å². The monoisotopic (exact) mass is 273 g/mol. The Labute approximate surface area is 110 Å². The lowest BCUT2D eigenvalue weighted by atomic mass is 10.1. The maximum Gasteiger partial charge on any atom is 0.418 e. The third-order valence-corrected chi connectivity index (χ3v) is 3.22. The van der Waals surface area contributed by atoms with Crippen LogP contribution in [0.25, 0.3) is 0 Å². The van der Waals surface area contributed by atoms with Crippen LogP contribution >= 0.6 is 0 Å². The standard InChI is InChI=1S/C13H18F3N3/c1-8-6-19(7-9(2)18-8)12-4-3-10(17)5-11(12)13(14,15)16/h3-5,8-9,18H,6-7,17H2,1-2H3/t8-,9+. The molecule has 2 rings (SSSR count). The van der Waals surface area contributed by atoms with E-state index < -0.39 is 11.7 Å². The van der Waals surface area contributed by atoms with E-state index in [1.54, 1.807) is 4.90 Å². The Morgan fingerprint density at radius 3 is 2.32 bits per heavy atom. The van der Waals surface area contributed by atoms with Gasteiger partial charge in [0.15, 0.2) is 0 Å². The highest BCUT2D eigenvalue weighted by Crippen LogP contribution is 2.38. The molecular formula is C13H18F3N3. The van der Waals surface area contributed by atoms with Crippen molar-refractivity contribution in [3.63, 3.8) is 0 Å². The maximum absolute atomic E-state index is 13.1. The zero-order chi connectivity index (χ0) is 14.2. The van der Waals surface area contributed by atoms with Gasteiger partial charge >= 0.3 is 6.18 Å².